The van der Waals surface area contributed by atoms with Crippen LogP contribution in [0.2, 0.25) is 0 Å². The van der Waals surface area contributed by atoms with Gasteiger partial charge in [0.2, 0.25) is 0 Å². The first-order valence-corrected chi connectivity index (χ1v) is 22.1. The minimum absolute atomic E-state index is 0.0230. The van der Waals surface area contributed by atoms with E-state index in [4.69, 9.17) is 18.5 Å². The summed E-state index contributed by atoms with van der Waals surface area (Å²) >= 11 is 0. The van der Waals surface area contributed by atoms with Gasteiger partial charge in [-0.2, -0.15) is 79.0 Å². The number of alkyl halides is 18. The van der Waals surface area contributed by atoms with Crippen LogP contribution in [0.5, 0.6) is 0 Å². The van der Waals surface area contributed by atoms with Crippen molar-refractivity contribution in [3.8, 4) is 0 Å². The van der Waals surface area contributed by atoms with Crippen molar-refractivity contribution in [1.82, 2.24) is 4.90 Å². The van der Waals surface area contributed by atoms with Crippen LogP contribution in [-0.4, -0.2) is 117 Å². The Bertz CT molecular complexity index is 1270. The average Bonchev–Trinajstić information content (AvgIpc) is 3.14. The maximum Gasteiger partial charge on any atom is 0.472 e. The zero-order valence-electron chi connectivity index (χ0n) is 35.1. The Morgan fingerprint density at radius 2 is 0.778 bits per heavy atom. The second-order valence-electron chi connectivity index (χ2n) is 15.5. The second-order valence-corrected chi connectivity index (χ2v) is 17.0. The lowest BCUT2D eigenvalue weighted by molar-refractivity contribution is -0.396. The van der Waals surface area contributed by atoms with Crippen LogP contribution in [0.15, 0.2) is 0 Å². The predicted octanol–water partition coefficient (Wildman–Crippen LogP) is 13.8. The highest BCUT2D eigenvalue weighted by molar-refractivity contribution is 7.47. The highest BCUT2D eigenvalue weighted by Gasteiger charge is 2.82. The summed E-state index contributed by atoms with van der Waals surface area (Å²) in [4.78, 5) is 11.7. The number of hydrogen-bond donors (Lipinski definition) is 1. The van der Waals surface area contributed by atoms with Gasteiger partial charge in [-0.1, -0.05) is 89.9 Å². The van der Waals surface area contributed by atoms with Crippen molar-refractivity contribution in [2.45, 2.75) is 182 Å². The van der Waals surface area contributed by atoms with Gasteiger partial charge in [-0.15, -0.1) is 0 Å². The van der Waals surface area contributed by atoms with E-state index in [1.165, 1.54) is 0 Å². The Hall–Kier alpha value is -1.27. The summed E-state index contributed by atoms with van der Waals surface area (Å²) in [6, 6.07) is 0. The molecular weight excluding hydrogens is 927 g/mol. The molecule has 0 aliphatic rings. The van der Waals surface area contributed by atoms with Gasteiger partial charge in [0.05, 0.1) is 19.8 Å². The van der Waals surface area contributed by atoms with Crippen LogP contribution in [0.1, 0.15) is 128 Å². The van der Waals surface area contributed by atoms with Gasteiger partial charge in [0.15, 0.2) is 0 Å². The first kappa shape index (κ1) is 61.7. The van der Waals surface area contributed by atoms with Gasteiger partial charge in [0, 0.05) is 32.6 Å². The van der Waals surface area contributed by atoms with Crippen molar-refractivity contribution in [2.24, 2.45) is 0 Å². The van der Waals surface area contributed by atoms with Crippen LogP contribution in [0.25, 0.3) is 0 Å². The number of ether oxygens (including phenoxy) is 2. The highest BCUT2D eigenvalue weighted by Crippen LogP contribution is 2.55. The van der Waals surface area contributed by atoms with Gasteiger partial charge in [0.1, 0.15) is 6.10 Å². The monoisotopic (exact) mass is 987 g/mol. The number of hydrogen-bond acceptors (Lipinski definition) is 6. The van der Waals surface area contributed by atoms with Gasteiger partial charge in [-0.05, 0) is 39.8 Å². The molecule has 0 radical (unpaired) electrons. The summed E-state index contributed by atoms with van der Waals surface area (Å²) in [6.45, 7) is 0.330. The molecule has 0 saturated heterocycles. The van der Waals surface area contributed by atoms with E-state index in [0.29, 0.717) is 77.2 Å². The molecule has 0 aliphatic carbocycles. The van der Waals surface area contributed by atoms with E-state index in [0.717, 1.165) is 6.42 Å². The molecule has 0 amide bonds. The molecule has 0 aromatic heterocycles. The van der Waals surface area contributed by atoms with E-state index in [-0.39, 0.29) is 58.7 Å². The van der Waals surface area contributed by atoms with Gasteiger partial charge in [-0.25, -0.2) is 4.57 Å². The van der Waals surface area contributed by atoms with E-state index < -0.39 is 87.5 Å². The molecule has 7 nitrogen and oxygen atoms in total. The molecule has 0 aliphatic heterocycles. The molecule has 0 aromatic rings. The normalized spacial score (nSPS) is 15.7. The van der Waals surface area contributed by atoms with Crippen LogP contribution >= 0.6 is 7.82 Å². The van der Waals surface area contributed by atoms with E-state index in [9.17, 15) is 88.5 Å². The summed E-state index contributed by atoms with van der Waals surface area (Å²) in [5.41, 5.74) is 0. The first-order chi connectivity index (χ1) is 28.7. The molecule has 2 atom stereocenters. The van der Waals surface area contributed by atoms with Crippen LogP contribution in [0, 0.1) is 0 Å². The number of rotatable bonds is 38. The van der Waals surface area contributed by atoms with E-state index in [1.54, 1.807) is 19.0 Å². The fourth-order valence-electron chi connectivity index (χ4n) is 5.77. The van der Waals surface area contributed by atoms with E-state index in [2.05, 4.69) is 0 Å². The Labute approximate surface area is 355 Å². The number of phosphoric acid groups is 1. The average molecular weight is 988 g/mol. The molecule has 0 bridgehead atoms. The molecule has 0 heterocycles. The lowest BCUT2D eigenvalue weighted by Gasteiger charge is -2.33. The van der Waals surface area contributed by atoms with Crippen molar-refractivity contribution < 1.29 is 107 Å². The number of phosphoric ester groups is 1. The van der Waals surface area contributed by atoms with Gasteiger partial charge in [0.25, 0.3) is 0 Å². The van der Waals surface area contributed by atoms with Gasteiger partial charge < -0.3 is 19.3 Å². The largest absolute Gasteiger partial charge is 0.472 e. The standard InChI is InChI=1S/C37H60F18NO6P/c1-56(2)23-26-61-63(57,58)62-28-29(60-25-20-16-12-8-4-6-10-14-18-22-31(40,41)33(44,45)35(48,49)37(53,54)55)27-59-24-19-15-11-7-3-5-9-13-17-21-30(38,39)32(42,43)34(46,47)36(50,51)52/h29H,3-28H2,1-2H3,(H,57,58). The summed E-state index contributed by atoms with van der Waals surface area (Å²) in [6.07, 6.45) is -11.7. The second kappa shape index (κ2) is 27.5. The fraction of sp³-hybridized carbons (Fsp3) is 1.00. The molecule has 0 rings (SSSR count). The van der Waals surface area contributed by atoms with Gasteiger partial charge in [-0.3, -0.25) is 9.05 Å². The molecule has 0 aromatic carbocycles. The Morgan fingerprint density at radius 3 is 1.13 bits per heavy atom. The molecular formula is C37H60F18NO6P. The molecule has 63 heavy (non-hydrogen) atoms. The third-order valence-electron chi connectivity index (χ3n) is 9.71. The molecule has 0 saturated carbocycles. The summed E-state index contributed by atoms with van der Waals surface area (Å²) in [5, 5.41) is 0. The lowest BCUT2D eigenvalue weighted by atomic mass is 9.97. The Morgan fingerprint density at radius 1 is 0.444 bits per heavy atom. The van der Waals surface area contributed by atoms with Crippen LogP contribution in [0.3, 0.4) is 0 Å². The quantitative estimate of drug-likeness (QED) is 0.0375. The third kappa shape index (κ3) is 21.5. The van der Waals surface area contributed by atoms with Crippen molar-refractivity contribution in [3.63, 3.8) is 0 Å². The fourth-order valence-corrected chi connectivity index (χ4v) is 6.51. The molecule has 380 valence electrons. The van der Waals surface area contributed by atoms with Gasteiger partial charge >= 0.3 is 55.7 Å². The van der Waals surface area contributed by atoms with Crippen LogP contribution < -0.4 is 0 Å². The van der Waals surface area contributed by atoms with Crippen molar-refractivity contribution >= 4 is 7.82 Å². The minimum atomic E-state index is -6.90. The molecule has 0 fully saturated rings. The van der Waals surface area contributed by atoms with Crippen molar-refractivity contribution in [2.75, 3.05) is 53.7 Å². The zero-order valence-corrected chi connectivity index (χ0v) is 36.0. The summed E-state index contributed by atoms with van der Waals surface area (Å²) in [7, 11) is -0.980. The summed E-state index contributed by atoms with van der Waals surface area (Å²) < 4.78 is 267. The number of halogens is 18. The predicted molar refractivity (Wildman–Crippen MR) is 195 cm³/mol. The maximum atomic E-state index is 13.6. The minimum Gasteiger partial charge on any atom is -0.379 e. The number of unbranched alkanes of at least 4 members (excludes halogenated alkanes) is 16. The van der Waals surface area contributed by atoms with Crippen LogP contribution in [-0.2, 0) is 23.1 Å². The van der Waals surface area contributed by atoms with Crippen LogP contribution in [0.4, 0.5) is 79.0 Å². The SMILES string of the molecule is CN(C)CCOP(=O)(O)OCC(COCCCCCCCCCCCC(F)(F)C(F)(F)C(F)(F)C(F)(F)F)OCCCCCCCCCCCC(F)(F)C(F)(F)C(F)(F)C(F)(F)F. The lowest BCUT2D eigenvalue weighted by Crippen LogP contribution is -2.60. The first-order valence-electron chi connectivity index (χ1n) is 20.6. The van der Waals surface area contributed by atoms with E-state index in [1.807, 2.05) is 0 Å². The number of likely N-dealkylation sites (N-methyl/N-ethyl adjacent to an activating group) is 1. The number of nitrogens with zero attached hydrogens (tertiary/aromatic N) is 1. The topological polar surface area (TPSA) is 77.5 Å². The maximum absolute atomic E-state index is 13.6. The molecule has 2 unspecified atom stereocenters. The smallest absolute Gasteiger partial charge is 0.379 e. The van der Waals surface area contributed by atoms with E-state index >= 15 is 0 Å². The zero-order chi connectivity index (χ0) is 48.9. The molecule has 1 N–H and O–H groups in total. The Balaban J connectivity index is 4.46. The summed E-state index contributed by atoms with van der Waals surface area (Å²) in [5.74, 6) is -38.1. The highest BCUT2D eigenvalue weighted by atomic mass is 31.2. The third-order valence-corrected chi connectivity index (χ3v) is 10.7. The Kier molecular flexibility index (Phi) is 27.0. The van der Waals surface area contributed by atoms with Crippen molar-refractivity contribution in [3.05, 3.63) is 0 Å². The molecule has 0 spiro atoms. The van der Waals surface area contributed by atoms with Crippen molar-refractivity contribution in [1.29, 1.82) is 0 Å². The molecule has 26 heteroatoms.